The Balaban J connectivity index is 2.02. The lowest BCUT2D eigenvalue weighted by Gasteiger charge is -2.02. The van der Waals surface area contributed by atoms with Gasteiger partial charge in [-0.25, -0.2) is 4.98 Å². The molecule has 0 atom stereocenters. The molecule has 0 radical (unpaired) electrons. The molecule has 24 heavy (non-hydrogen) atoms. The van der Waals surface area contributed by atoms with E-state index in [0.29, 0.717) is 5.56 Å². The van der Waals surface area contributed by atoms with Gasteiger partial charge >= 0.3 is 0 Å². The summed E-state index contributed by atoms with van der Waals surface area (Å²) in [5.74, 6) is -0.231. The molecular weight excluding hydrogens is 316 g/mol. The minimum Gasteiger partial charge on any atom is -0.354 e. The fourth-order valence-corrected chi connectivity index (χ4v) is 1.62. The van der Waals surface area contributed by atoms with Crippen molar-refractivity contribution in [2.75, 3.05) is 14.1 Å². The molecule has 0 aliphatic carbocycles. The Labute approximate surface area is 136 Å². The van der Waals surface area contributed by atoms with E-state index in [2.05, 4.69) is 30.7 Å². The summed E-state index contributed by atoms with van der Waals surface area (Å²) in [6.45, 7) is 0. The highest BCUT2D eigenvalue weighted by molar-refractivity contribution is 5.95. The number of carbonyl (C=O) groups is 1. The van der Waals surface area contributed by atoms with Gasteiger partial charge in [-0.15, -0.1) is 5.11 Å². The van der Waals surface area contributed by atoms with Crippen molar-refractivity contribution in [2.45, 2.75) is 0 Å². The van der Waals surface area contributed by atoms with Gasteiger partial charge in [-0.2, -0.15) is 10.2 Å². The predicted molar refractivity (Wildman–Crippen MR) is 84.9 cm³/mol. The molecule has 0 saturated heterocycles. The van der Waals surface area contributed by atoms with Gasteiger partial charge in [0.1, 0.15) is 0 Å². The maximum Gasteiger partial charge on any atom is 0.271 e. The van der Waals surface area contributed by atoms with Gasteiger partial charge in [0.25, 0.3) is 11.6 Å². The van der Waals surface area contributed by atoms with Gasteiger partial charge < -0.3 is 10.3 Å². The van der Waals surface area contributed by atoms with Gasteiger partial charge in [0.2, 0.25) is 5.82 Å². The second-order valence-corrected chi connectivity index (χ2v) is 4.45. The molecule has 1 amide bonds. The topological polar surface area (TPSA) is 141 Å². The fraction of sp³-hybridized carbons (Fsp3) is 0.154. The van der Waals surface area contributed by atoms with Crippen LogP contribution in [0.4, 0.5) is 11.5 Å². The summed E-state index contributed by atoms with van der Waals surface area (Å²) in [4.78, 5) is 28.2. The third kappa shape index (κ3) is 4.19. The zero-order chi connectivity index (χ0) is 17.5. The second-order valence-electron chi connectivity index (χ2n) is 4.45. The van der Waals surface area contributed by atoms with Gasteiger partial charge in [0.05, 0.1) is 24.5 Å². The Morgan fingerprint density at radius 1 is 1.42 bits per heavy atom. The highest BCUT2D eigenvalue weighted by Crippen LogP contribution is 2.14. The fourth-order valence-electron chi connectivity index (χ4n) is 1.62. The number of carbonyl (C=O) groups excluding carboxylic acids is 1. The first-order valence-electron chi connectivity index (χ1n) is 6.70. The van der Waals surface area contributed by atoms with E-state index >= 15 is 0 Å². The van der Waals surface area contributed by atoms with E-state index in [4.69, 9.17) is 0 Å². The Bertz CT molecular complexity index is 781. The summed E-state index contributed by atoms with van der Waals surface area (Å²) in [7, 11) is 3.03. The highest BCUT2D eigenvalue weighted by atomic mass is 16.6. The lowest BCUT2D eigenvalue weighted by Crippen LogP contribution is -2.18. The molecule has 124 valence electrons. The number of benzene rings is 1. The number of non-ortho nitro benzene ring substituents is 1. The maximum absolute atomic E-state index is 11.6. The van der Waals surface area contributed by atoms with Gasteiger partial charge in [0.15, 0.2) is 5.69 Å². The van der Waals surface area contributed by atoms with E-state index < -0.39 is 4.92 Å². The standard InChI is InChI=1S/C13H14N8O3/c1-14-13(22)11-12(16-8-15-11)18-19-20(2)17-7-9-3-5-10(6-4-9)21(23)24/h3-8H,1-2H3,(H,14,22)(H,15,16)/b17-7?,19-18+. The molecule has 2 N–H and O–H groups in total. The van der Waals surface area contributed by atoms with E-state index in [-0.39, 0.29) is 23.1 Å². The molecule has 0 aliphatic rings. The molecule has 11 nitrogen and oxygen atoms in total. The van der Waals surface area contributed by atoms with Crippen molar-refractivity contribution in [3.63, 3.8) is 0 Å². The van der Waals surface area contributed by atoms with Crippen LogP contribution in [-0.2, 0) is 0 Å². The minimum atomic E-state index is -0.477. The van der Waals surface area contributed by atoms with Crippen molar-refractivity contribution < 1.29 is 9.72 Å². The van der Waals surface area contributed by atoms with Crippen molar-refractivity contribution in [3.8, 4) is 0 Å². The number of hydrogen-bond donors (Lipinski definition) is 2. The van der Waals surface area contributed by atoms with Crippen molar-refractivity contribution in [2.24, 2.45) is 15.4 Å². The molecule has 1 aromatic heterocycles. The summed E-state index contributed by atoms with van der Waals surface area (Å²) < 4.78 is 0. The van der Waals surface area contributed by atoms with E-state index in [1.807, 2.05) is 0 Å². The smallest absolute Gasteiger partial charge is 0.271 e. The van der Waals surface area contributed by atoms with Crippen LogP contribution < -0.4 is 5.32 Å². The van der Waals surface area contributed by atoms with E-state index in [9.17, 15) is 14.9 Å². The van der Waals surface area contributed by atoms with Crippen molar-refractivity contribution in [3.05, 3.63) is 52.0 Å². The summed E-state index contributed by atoms with van der Waals surface area (Å²) in [6, 6.07) is 5.87. The summed E-state index contributed by atoms with van der Waals surface area (Å²) in [5.41, 5.74) is 0.850. The minimum absolute atomic E-state index is 0.000421. The van der Waals surface area contributed by atoms with Gasteiger partial charge in [-0.05, 0) is 22.9 Å². The van der Waals surface area contributed by atoms with Crippen LogP contribution >= 0.6 is 0 Å². The second kappa shape index (κ2) is 7.58. The third-order valence-electron chi connectivity index (χ3n) is 2.82. The van der Waals surface area contributed by atoms with Gasteiger partial charge in [-0.3, -0.25) is 14.9 Å². The van der Waals surface area contributed by atoms with Crippen LogP contribution in [-0.4, -0.2) is 46.2 Å². The van der Waals surface area contributed by atoms with Crippen LogP contribution in [0.2, 0.25) is 0 Å². The average Bonchev–Trinajstić information content (AvgIpc) is 3.06. The van der Waals surface area contributed by atoms with Gasteiger partial charge in [-0.1, -0.05) is 0 Å². The number of imidazole rings is 1. The molecule has 0 bridgehead atoms. The molecule has 2 aromatic rings. The molecule has 0 fully saturated rings. The van der Waals surface area contributed by atoms with Crippen LogP contribution in [0.3, 0.4) is 0 Å². The number of amides is 1. The SMILES string of the molecule is CNC(=O)c1[nH]cnc1/N=N/N(C)N=Cc1ccc([N+](=O)[O-])cc1. The molecule has 0 unspecified atom stereocenters. The molecule has 1 aromatic carbocycles. The zero-order valence-electron chi connectivity index (χ0n) is 12.9. The van der Waals surface area contributed by atoms with E-state index in [1.165, 1.54) is 43.9 Å². The van der Waals surface area contributed by atoms with Crippen LogP contribution in [0.25, 0.3) is 0 Å². The highest BCUT2D eigenvalue weighted by Gasteiger charge is 2.12. The number of H-pyrrole nitrogens is 1. The predicted octanol–water partition coefficient (Wildman–Crippen LogP) is 1.64. The zero-order valence-corrected chi connectivity index (χ0v) is 12.9. The van der Waals surface area contributed by atoms with Crippen LogP contribution in [0.1, 0.15) is 16.1 Å². The molecule has 0 saturated carbocycles. The molecule has 1 heterocycles. The molecular formula is C13H14N8O3. The number of nitrogens with one attached hydrogen (secondary N) is 2. The van der Waals surface area contributed by atoms with Crippen LogP contribution in [0.15, 0.2) is 46.0 Å². The van der Waals surface area contributed by atoms with Gasteiger partial charge in [0, 0.05) is 19.2 Å². The summed E-state index contributed by atoms with van der Waals surface area (Å²) in [5, 5.41) is 25.8. The maximum atomic E-state index is 11.6. The van der Waals surface area contributed by atoms with E-state index in [0.717, 1.165) is 0 Å². The Morgan fingerprint density at radius 2 is 2.12 bits per heavy atom. The number of aromatic nitrogens is 2. The Morgan fingerprint density at radius 3 is 2.75 bits per heavy atom. The monoisotopic (exact) mass is 330 g/mol. The Hall–Kier alpha value is -3.63. The van der Waals surface area contributed by atoms with Crippen molar-refractivity contribution >= 4 is 23.6 Å². The van der Waals surface area contributed by atoms with Crippen LogP contribution in [0, 0.1) is 10.1 Å². The van der Waals surface area contributed by atoms with Crippen LogP contribution in [0.5, 0.6) is 0 Å². The average molecular weight is 330 g/mol. The van der Waals surface area contributed by atoms with Crippen molar-refractivity contribution in [1.82, 2.24) is 20.4 Å². The first kappa shape index (κ1) is 16.7. The number of nitro benzene ring substituents is 1. The summed E-state index contributed by atoms with van der Waals surface area (Å²) >= 11 is 0. The first-order valence-corrected chi connectivity index (χ1v) is 6.70. The quantitative estimate of drug-likeness (QED) is 0.358. The third-order valence-corrected chi connectivity index (χ3v) is 2.82. The Kier molecular flexibility index (Phi) is 5.28. The molecule has 0 spiro atoms. The lowest BCUT2D eigenvalue weighted by molar-refractivity contribution is -0.384. The number of hydrogen-bond acceptors (Lipinski definition) is 7. The lowest BCUT2D eigenvalue weighted by atomic mass is 10.2. The number of nitro groups is 1. The normalized spacial score (nSPS) is 11.1. The molecule has 11 heteroatoms. The number of rotatable bonds is 6. The number of hydrazone groups is 1. The summed E-state index contributed by atoms with van der Waals surface area (Å²) in [6.07, 6.45) is 2.80. The molecule has 0 aliphatic heterocycles. The van der Waals surface area contributed by atoms with Crippen molar-refractivity contribution in [1.29, 1.82) is 0 Å². The van der Waals surface area contributed by atoms with E-state index in [1.54, 1.807) is 12.1 Å². The molecule has 2 rings (SSSR count). The number of aromatic amines is 1. The number of nitrogens with zero attached hydrogens (tertiary/aromatic N) is 6. The first-order chi connectivity index (χ1) is 11.5. The largest absolute Gasteiger partial charge is 0.354 e.